The second kappa shape index (κ2) is 6.50. The predicted molar refractivity (Wildman–Crippen MR) is 81.8 cm³/mol. The van der Waals surface area contributed by atoms with Gasteiger partial charge < -0.3 is 4.74 Å². The van der Waals surface area contributed by atoms with Crippen molar-refractivity contribution in [2.45, 2.75) is 32.3 Å². The maximum atomic E-state index is 14.1. The van der Waals surface area contributed by atoms with E-state index < -0.39 is 30.1 Å². The number of halogens is 5. The summed E-state index contributed by atoms with van der Waals surface area (Å²) in [7, 11) is 0. The van der Waals surface area contributed by atoms with Gasteiger partial charge in [0.25, 0.3) is 5.88 Å². The van der Waals surface area contributed by atoms with Gasteiger partial charge in [-0.3, -0.25) is 0 Å². The maximum absolute atomic E-state index is 14.1. The van der Waals surface area contributed by atoms with Gasteiger partial charge in [-0.15, -0.1) is 5.10 Å². The summed E-state index contributed by atoms with van der Waals surface area (Å²) in [5.41, 5.74) is 1.28. The largest absolute Gasteiger partial charge is 0.463 e. The van der Waals surface area contributed by atoms with Crippen molar-refractivity contribution >= 4 is 5.52 Å². The number of pyridine rings is 2. The Balaban J connectivity index is 1.94. The van der Waals surface area contributed by atoms with Gasteiger partial charge in [0.05, 0.1) is 5.52 Å². The standard InChI is InChI=1S/C16H13F5N4O/c1-8(17)14-13-6-10(3-4-25(13)24-23-14)11-5-12(18)15(22-7-11)26-9(2)16(19,20)21/h3-9H,1-2H3/t8?,9-/m0/s1. The van der Waals surface area contributed by atoms with Crippen LogP contribution in [0.2, 0.25) is 0 Å². The Kier molecular flexibility index (Phi) is 4.51. The first-order valence-corrected chi connectivity index (χ1v) is 7.55. The summed E-state index contributed by atoms with van der Waals surface area (Å²) in [6, 6.07) is 4.12. The first-order chi connectivity index (χ1) is 12.2. The molecule has 10 heteroatoms. The van der Waals surface area contributed by atoms with Crippen molar-refractivity contribution in [1.29, 1.82) is 0 Å². The third-order valence-corrected chi connectivity index (χ3v) is 3.71. The third kappa shape index (κ3) is 3.44. The number of fused-ring (bicyclic) bond motifs is 1. The predicted octanol–water partition coefficient (Wildman–Crippen LogP) is 4.29. The van der Waals surface area contributed by atoms with Crippen molar-refractivity contribution in [3.05, 3.63) is 42.1 Å². The second-order valence-electron chi connectivity index (χ2n) is 5.65. The van der Waals surface area contributed by atoms with Gasteiger partial charge in [0.1, 0.15) is 11.9 Å². The molecule has 0 N–H and O–H groups in total. The fourth-order valence-corrected chi connectivity index (χ4v) is 2.28. The minimum Gasteiger partial charge on any atom is -0.463 e. The molecule has 0 saturated heterocycles. The van der Waals surface area contributed by atoms with Crippen LogP contribution in [-0.4, -0.2) is 32.1 Å². The van der Waals surface area contributed by atoms with Crippen molar-refractivity contribution in [3.63, 3.8) is 0 Å². The second-order valence-corrected chi connectivity index (χ2v) is 5.65. The molecule has 3 aromatic heterocycles. The van der Waals surface area contributed by atoms with E-state index in [1.807, 2.05) is 0 Å². The molecule has 0 saturated carbocycles. The Bertz CT molecular complexity index is 938. The summed E-state index contributed by atoms with van der Waals surface area (Å²) in [6.07, 6.45) is -5.49. The molecule has 0 aliphatic carbocycles. The van der Waals surface area contributed by atoms with E-state index in [0.29, 0.717) is 11.1 Å². The highest BCUT2D eigenvalue weighted by molar-refractivity contribution is 5.69. The molecule has 0 spiro atoms. The highest BCUT2D eigenvalue weighted by Gasteiger charge is 2.38. The minimum atomic E-state index is -4.63. The molecule has 0 aliphatic rings. The average molecular weight is 372 g/mol. The van der Waals surface area contributed by atoms with Gasteiger partial charge in [0.2, 0.25) is 0 Å². The Labute approximate surface area is 144 Å². The lowest BCUT2D eigenvalue weighted by Gasteiger charge is -2.17. The molecule has 2 atom stereocenters. The summed E-state index contributed by atoms with van der Waals surface area (Å²) in [4.78, 5) is 3.62. The van der Waals surface area contributed by atoms with Gasteiger partial charge in [0.15, 0.2) is 11.9 Å². The molecule has 0 aliphatic heterocycles. The zero-order valence-corrected chi connectivity index (χ0v) is 13.6. The molecule has 3 aromatic rings. The Morgan fingerprint density at radius 2 is 1.88 bits per heavy atom. The quantitative estimate of drug-likeness (QED) is 0.641. The number of alkyl halides is 4. The fraction of sp³-hybridized carbons (Fsp3) is 0.312. The molecule has 0 amide bonds. The van der Waals surface area contributed by atoms with E-state index in [1.54, 1.807) is 12.1 Å². The zero-order chi connectivity index (χ0) is 19.1. The zero-order valence-electron chi connectivity index (χ0n) is 13.6. The summed E-state index contributed by atoms with van der Waals surface area (Å²) in [5, 5.41) is 7.51. The van der Waals surface area contributed by atoms with Crippen LogP contribution in [-0.2, 0) is 0 Å². The Hall–Kier alpha value is -2.78. The van der Waals surface area contributed by atoms with Crippen LogP contribution in [0.5, 0.6) is 5.88 Å². The lowest BCUT2D eigenvalue weighted by molar-refractivity contribution is -0.190. The summed E-state index contributed by atoms with van der Waals surface area (Å²) < 4.78 is 71.1. The molecule has 0 radical (unpaired) electrons. The van der Waals surface area contributed by atoms with E-state index in [2.05, 4.69) is 20.0 Å². The molecule has 26 heavy (non-hydrogen) atoms. The normalized spacial score (nSPS) is 14.4. The van der Waals surface area contributed by atoms with Crippen molar-refractivity contribution in [3.8, 4) is 17.0 Å². The van der Waals surface area contributed by atoms with Gasteiger partial charge in [-0.25, -0.2) is 18.3 Å². The Morgan fingerprint density at radius 1 is 1.15 bits per heavy atom. The maximum Gasteiger partial charge on any atom is 0.425 e. The minimum absolute atomic E-state index is 0.124. The van der Waals surface area contributed by atoms with Crippen molar-refractivity contribution in [2.24, 2.45) is 0 Å². The number of hydrogen-bond acceptors (Lipinski definition) is 4. The first kappa shape index (κ1) is 18.0. The van der Waals surface area contributed by atoms with Crippen LogP contribution in [0.4, 0.5) is 22.0 Å². The van der Waals surface area contributed by atoms with Gasteiger partial charge in [-0.05, 0) is 37.6 Å². The summed E-state index contributed by atoms with van der Waals surface area (Å²) >= 11 is 0. The molecule has 138 valence electrons. The number of ether oxygens (including phenoxy) is 1. The molecule has 1 unspecified atom stereocenters. The van der Waals surface area contributed by atoms with Crippen LogP contribution in [0.25, 0.3) is 16.6 Å². The van der Waals surface area contributed by atoms with E-state index in [-0.39, 0.29) is 11.3 Å². The van der Waals surface area contributed by atoms with Crippen LogP contribution in [0.1, 0.15) is 25.7 Å². The fourth-order valence-electron chi connectivity index (χ4n) is 2.28. The summed E-state index contributed by atoms with van der Waals surface area (Å²) in [6.45, 7) is 2.07. The molecule has 0 fully saturated rings. The smallest absolute Gasteiger partial charge is 0.425 e. The van der Waals surface area contributed by atoms with Crippen LogP contribution in [0.15, 0.2) is 30.6 Å². The van der Waals surface area contributed by atoms with E-state index in [4.69, 9.17) is 0 Å². The van der Waals surface area contributed by atoms with Crippen molar-refractivity contribution < 1.29 is 26.7 Å². The molecular formula is C16H13F5N4O. The van der Waals surface area contributed by atoms with Gasteiger partial charge >= 0.3 is 6.18 Å². The third-order valence-electron chi connectivity index (χ3n) is 3.71. The molecule has 3 rings (SSSR count). The highest BCUT2D eigenvalue weighted by Crippen LogP contribution is 2.29. The molecular weight excluding hydrogens is 359 g/mol. The highest BCUT2D eigenvalue weighted by atomic mass is 19.4. The van der Waals surface area contributed by atoms with Gasteiger partial charge in [-0.2, -0.15) is 13.2 Å². The van der Waals surface area contributed by atoms with Crippen LogP contribution in [0.3, 0.4) is 0 Å². The summed E-state index contributed by atoms with van der Waals surface area (Å²) in [5.74, 6) is -1.78. The first-order valence-electron chi connectivity index (χ1n) is 7.55. The number of hydrogen-bond donors (Lipinski definition) is 0. The van der Waals surface area contributed by atoms with Crippen LogP contribution < -0.4 is 4.74 Å². The lowest BCUT2D eigenvalue weighted by Crippen LogP contribution is -2.31. The van der Waals surface area contributed by atoms with E-state index >= 15 is 0 Å². The van der Waals surface area contributed by atoms with Crippen LogP contribution >= 0.6 is 0 Å². The van der Waals surface area contributed by atoms with Gasteiger partial charge in [0, 0.05) is 18.0 Å². The Morgan fingerprint density at radius 3 is 2.50 bits per heavy atom. The van der Waals surface area contributed by atoms with E-state index in [9.17, 15) is 22.0 Å². The SMILES string of the molecule is CC(F)c1nnn2ccc(-c3cnc(O[C@@H](C)C(F)(F)F)c(F)c3)cc12. The van der Waals surface area contributed by atoms with E-state index in [1.165, 1.54) is 23.8 Å². The lowest BCUT2D eigenvalue weighted by atomic mass is 10.1. The van der Waals surface area contributed by atoms with Crippen molar-refractivity contribution in [1.82, 2.24) is 19.8 Å². The van der Waals surface area contributed by atoms with E-state index in [0.717, 1.165) is 13.0 Å². The number of aromatic nitrogens is 4. The molecule has 5 nitrogen and oxygen atoms in total. The number of rotatable bonds is 4. The number of nitrogens with zero attached hydrogens (tertiary/aromatic N) is 4. The van der Waals surface area contributed by atoms with Crippen LogP contribution in [0, 0.1) is 5.82 Å². The van der Waals surface area contributed by atoms with Gasteiger partial charge in [-0.1, -0.05) is 5.21 Å². The van der Waals surface area contributed by atoms with Crippen molar-refractivity contribution in [2.75, 3.05) is 0 Å². The molecule has 3 heterocycles. The molecule has 0 aromatic carbocycles. The monoisotopic (exact) mass is 372 g/mol. The molecule has 0 bridgehead atoms. The average Bonchev–Trinajstić information content (AvgIpc) is 2.99. The topological polar surface area (TPSA) is 52.3 Å².